The lowest BCUT2D eigenvalue weighted by molar-refractivity contribution is -0.125. The van der Waals surface area contributed by atoms with Crippen molar-refractivity contribution in [3.05, 3.63) is 24.2 Å². The van der Waals surface area contributed by atoms with Crippen LogP contribution in [0, 0.1) is 5.92 Å². The first-order chi connectivity index (χ1) is 7.65. The SMILES string of the molecule is CCNCC(C)C(=O)N[C@H](C)c1ccco1. The van der Waals surface area contributed by atoms with Crippen molar-refractivity contribution >= 4 is 5.91 Å². The third-order valence-electron chi connectivity index (χ3n) is 2.48. The van der Waals surface area contributed by atoms with Crippen molar-refractivity contribution in [1.82, 2.24) is 10.6 Å². The lowest BCUT2D eigenvalue weighted by atomic mass is 10.1. The number of amides is 1. The molecule has 4 heteroatoms. The normalized spacial score (nSPS) is 14.4. The van der Waals surface area contributed by atoms with Crippen LogP contribution in [-0.4, -0.2) is 19.0 Å². The van der Waals surface area contributed by atoms with E-state index in [2.05, 4.69) is 10.6 Å². The summed E-state index contributed by atoms with van der Waals surface area (Å²) in [6, 6.07) is 3.60. The first-order valence-corrected chi connectivity index (χ1v) is 5.69. The van der Waals surface area contributed by atoms with E-state index in [1.54, 1.807) is 6.26 Å². The molecule has 1 aromatic rings. The number of furan rings is 1. The predicted molar refractivity (Wildman–Crippen MR) is 63.0 cm³/mol. The van der Waals surface area contributed by atoms with Gasteiger partial charge in [0.15, 0.2) is 0 Å². The van der Waals surface area contributed by atoms with E-state index >= 15 is 0 Å². The van der Waals surface area contributed by atoms with Crippen molar-refractivity contribution in [3.8, 4) is 0 Å². The van der Waals surface area contributed by atoms with Gasteiger partial charge in [0.1, 0.15) is 5.76 Å². The van der Waals surface area contributed by atoms with Crippen LogP contribution in [0.2, 0.25) is 0 Å². The maximum absolute atomic E-state index is 11.8. The molecule has 0 fully saturated rings. The first kappa shape index (κ1) is 12.8. The topological polar surface area (TPSA) is 54.3 Å². The van der Waals surface area contributed by atoms with Gasteiger partial charge in [-0.1, -0.05) is 13.8 Å². The molecule has 90 valence electrons. The molecule has 0 aromatic carbocycles. The molecule has 0 aliphatic carbocycles. The van der Waals surface area contributed by atoms with E-state index in [1.807, 2.05) is 32.9 Å². The van der Waals surface area contributed by atoms with Gasteiger partial charge in [0.2, 0.25) is 5.91 Å². The van der Waals surface area contributed by atoms with Gasteiger partial charge in [0.05, 0.1) is 12.3 Å². The smallest absolute Gasteiger partial charge is 0.224 e. The quantitative estimate of drug-likeness (QED) is 0.773. The molecule has 1 unspecified atom stereocenters. The zero-order chi connectivity index (χ0) is 12.0. The van der Waals surface area contributed by atoms with Crippen molar-refractivity contribution in [2.24, 2.45) is 5.92 Å². The molecule has 0 bridgehead atoms. The van der Waals surface area contributed by atoms with E-state index in [0.29, 0.717) is 6.54 Å². The molecule has 16 heavy (non-hydrogen) atoms. The lowest BCUT2D eigenvalue weighted by Gasteiger charge is -2.16. The molecule has 0 saturated heterocycles. The summed E-state index contributed by atoms with van der Waals surface area (Å²) in [4.78, 5) is 11.8. The van der Waals surface area contributed by atoms with Crippen molar-refractivity contribution in [1.29, 1.82) is 0 Å². The van der Waals surface area contributed by atoms with Crippen molar-refractivity contribution in [3.63, 3.8) is 0 Å². The molecule has 2 N–H and O–H groups in total. The largest absolute Gasteiger partial charge is 0.467 e. The number of hydrogen-bond donors (Lipinski definition) is 2. The van der Waals surface area contributed by atoms with Crippen LogP contribution >= 0.6 is 0 Å². The highest BCUT2D eigenvalue weighted by molar-refractivity contribution is 5.78. The van der Waals surface area contributed by atoms with E-state index in [-0.39, 0.29) is 17.9 Å². The van der Waals surface area contributed by atoms with Gasteiger partial charge in [0, 0.05) is 12.5 Å². The van der Waals surface area contributed by atoms with Crippen molar-refractivity contribution in [2.75, 3.05) is 13.1 Å². The molecule has 0 aliphatic heterocycles. The number of nitrogens with one attached hydrogen (secondary N) is 2. The molecule has 1 rings (SSSR count). The van der Waals surface area contributed by atoms with E-state index in [1.165, 1.54) is 0 Å². The van der Waals surface area contributed by atoms with Gasteiger partial charge in [0.25, 0.3) is 0 Å². The molecule has 2 atom stereocenters. The summed E-state index contributed by atoms with van der Waals surface area (Å²) in [5, 5.41) is 6.07. The minimum Gasteiger partial charge on any atom is -0.467 e. The van der Waals surface area contributed by atoms with Gasteiger partial charge in [-0.05, 0) is 25.6 Å². The Kier molecular flexibility index (Phi) is 5.05. The third kappa shape index (κ3) is 3.70. The van der Waals surface area contributed by atoms with Crippen LogP contribution in [0.5, 0.6) is 0 Å². The Morgan fingerprint density at radius 1 is 1.50 bits per heavy atom. The van der Waals surface area contributed by atoms with Crippen molar-refractivity contribution < 1.29 is 9.21 Å². The number of rotatable bonds is 6. The van der Waals surface area contributed by atoms with Crippen LogP contribution < -0.4 is 10.6 Å². The summed E-state index contributed by atoms with van der Waals surface area (Å²) in [6.07, 6.45) is 1.61. The summed E-state index contributed by atoms with van der Waals surface area (Å²) >= 11 is 0. The molecular weight excluding hydrogens is 204 g/mol. The summed E-state index contributed by atoms with van der Waals surface area (Å²) in [5.41, 5.74) is 0. The average molecular weight is 224 g/mol. The Bertz CT molecular complexity index is 309. The second-order valence-corrected chi connectivity index (χ2v) is 3.95. The van der Waals surface area contributed by atoms with Gasteiger partial charge < -0.3 is 15.1 Å². The average Bonchev–Trinajstić information content (AvgIpc) is 2.79. The molecule has 1 amide bonds. The summed E-state index contributed by atoms with van der Waals surface area (Å²) in [6.45, 7) is 7.43. The minimum absolute atomic E-state index is 0.0302. The van der Waals surface area contributed by atoms with Crippen LogP contribution in [0.15, 0.2) is 22.8 Å². The second kappa shape index (κ2) is 6.33. The van der Waals surface area contributed by atoms with Gasteiger partial charge >= 0.3 is 0 Å². The molecule has 4 nitrogen and oxygen atoms in total. The Labute approximate surface area is 96.4 Å². The van der Waals surface area contributed by atoms with E-state index in [4.69, 9.17) is 4.42 Å². The Morgan fingerprint density at radius 2 is 2.25 bits per heavy atom. The van der Waals surface area contributed by atoms with E-state index in [0.717, 1.165) is 12.3 Å². The number of carbonyl (C=O) groups is 1. The molecule has 0 spiro atoms. The summed E-state index contributed by atoms with van der Waals surface area (Å²) < 4.78 is 5.23. The Morgan fingerprint density at radius 3 is 2.81 bits per heavy atom. The third-order valence-corrected chi connectivity index (χ3v) is 2.48. The number of carbonyl (C=O) groups excluding carboxylic acids is 1. The minimum atomic E-state index is -0.0772. The fraction of sp³-hybridized carbons (Fsp3) is 0.583. The maximum Gasteiger partial charge on any atom is 0.224 e. The van der Waals surface area contributed by atoms with Gasteiger partial charge in [-0.3, -0.25) is 4.79 Å². The fourth-order valence-corrected chi connectivity index (χ4v) is 1.42. The predicted octanol–water partition coefficient (Wildman–Crippen LogP) is 1.70. The first-order valence-electron chi connectivity index (χ1n) is 5.69. The summed E-state index contributed by atoms with van der Waals surface area (Å²) in [7, 11) is 0. The monoisotopic (exact) mass is 224 g/mol. The van der Waals surface area contributed by atoms with Crippen LogP contribution in [0.25, 0.3) is 0 Å². The molecule has 1 heterocycles. The number of hydrogen-bond acceptors (Lipinski definition) is 3. The van der Waals surface area contributed by atoms with Gasteiger partial charge in [-0.25, -0.2) is 0 Å². The fourth-order valence-electron chi connectivity index (χ4n) is 1.42. The Balaban J connectivity index is 2.39. The van der Waals surface area contributed by atoms with Crippen LogP contribution in [0.4, 0.5) is 0 Å². The molecule has 1 aromatic heterocycles. The molecule has 0 saturated carbocycles. The van der Waals surface area contributed by atoms with E-state index < -0.39 is 0 Å². The van der Waals surface area contributed by atoms with Crippen LogP contribution in [0.3, 0.4) is 0 Å². The Hall–Kier alpha value is -1.29. The highest BCUT2D eigenvalue weighted by Gasteiger charge is 2.16. The van der Waals surface area contributed by atoms with Crippen LogP contribution in [0.1, 0.15) is 32.6 Å². The van der Waals surface area contributed by atoms with Gasteiger partial charge in [-0.15, -0.1) is 0 Å². The lowest BCUT2D eigenvalue weighted by Crippen LogP contribution is -2.36. The molecular formula is C12H20N2O2. The van der Waals surface area contributed by atoms with Crippen molar-refractivity contribution in [2.45, 2.75) is 26.8 Å². The van der Waals surface area contributed by atoms with Crippen LogP contribution in [-0.2, 0) is 4.79 Å². The highest BCUT2D eigenvalue weighted by atomic mass is 16.3. The standard InChI is InChI=1S/C12H20N2O2/c1-4-13-8-9(2)12(15)14-10(3)11-6-5-7-16-11/h5-7,9-10,13H,4,8H2,1-3H3,(H,14,15)/t9?,10-/m1/s1. The molecule has 0 aliphatic rings. The van der Waals surface area contributed by atoms with E-state index in [9.17, 15) is 4.79 Å². The molecule has 0 radical (unpaired) electrons. The summed E-state index contributed by atoms with van der Waals surface area (Å²) in [5.74, 6) is 0.797. The highest BCUT2D eigenvalue weighted by Crippen LogP contribution is 2.12. The second-order valence-electron chi connectivity index (χ2n) is 3.95. The van der Waals surface area contributed by atoms with Gasteiger partial charge in [-0.2, -0.15) is 0 Å². The zero-order valence-corrected chi connectivity index (χ0v) is 10.1. The maximum atomic E-state index is 11.8. The zero-order valence-electron chi connectivity index (χ0n) is 10.1.